The summed E-state index contributed by atoms with van der Waals surface area (Å²) < 4.78 is 30.4. The summed E-state index contributed by atoms with van der Waals surface area (Å²) in [7, 11) is 3.17. The molecule has 180 valence electrons. The molecule has 1 atom stereocenters. The quantitative estimate of drug-likeness (QED) is 0.358. The highest BCUT2D eigenvalue weighted by molar-refractivity contribution is 5.94. The molecular weight excluding hydrogens is 443 g/mol. The van der Waals surface area contributed by atoms with E-state index in [2.05, 4.69) is 30.9 Å². The minimum atomic E-state index is -0.390. The molecule has 0 radical (unpaired) electrons. The van der Waals surface area contributed by atoms with Crippen molar-refractivity contribution in [1.82, 2.24) is 25.6 Å². The van der Waals surface area contributed by atoms with E-state index >= 15 is 0 Å². The van der Waals surface area contributed by atoms with E-state index in [1.54, 1.807) is 25.3 Å². The molecule has 0 spiro atoms. The van der Waals surface area contributed by atoms with E-state index in [1.807, 2.05) is 6.07 Å². The molecular formula is C23H27FN6O4. The molecule has 3 aromatic rings. The van der Waals surface area contributed by atoms with Crippen molar-refractivity contribution in [3.8, 4) is 11.6 Å². The third kappa shape index (κ3) is 5.74. The highest BCUT2D eigenvalue weighted by atomic mass is 19.1. The first kappa shape index (κ1) is 23.7. The van der Waals surface area contributed by atoms with Crippen molar-refractivity contribution in [1.29, 1.82) is 0 Å². The summed E-state index contributed by atoms with van der Waals surface area (Å²) in [6.45, 7) is 2.21. The lowest BCUT2D eigenvalue weighted by Crippen LogP contribution is -2.37. The highest BCUT2D eigenvalue weighted by Crippen LogP contribution is 2.25. The van der Waals surface area contributed by atoms with Gasteiger partial charge < -0.3 is 30.2 Å². The Balaban J connectivity index is 1.25. The Hall–Kier alpha value is -3.41. The Kier molecular flexibility index (Phi) is 7.78. The Morgan fingerprint density at radius 2 is 2.03 bits per heavy atom. The minimum Gasteiger partial charge on any atom is -0.481 e. The first-order chi connectivity index (χ1) is 16.6. The average molecular weight is 471 g/mol. The SMILES string of the molecule is COc1ccc2ncc(F)c(CCNC[C@H](CNCc3ccc4c(n3)NC(=O)CO4)OC)c2n1. The van der Waals surface area contributed by atoms with Gasteiger partial charge in [-0.25, -0.2) is 14.4 Å². The zero-order valence-corrected chi connectivity index (χ0v) is 19.1. The predicted octanol–water partition coefficient (Wildman–Crippen LogP) is 1.44. The number of aromatic nitrogens is 3. The molecule has 1 amide bonds. The number of hydrogen-bond acceptors (Lipinski definition) is 9. The number of hydrogen-bond donors (Lipinski definition) is 3. The molecule has 3 N–H and O–H groups in total. The molecule has 0 aromatic carbocycles. The Labute approximate surface area is 196 Å². The largest absolute Gasteiger partial charge is 0.481 e. The van der Waals surface area contributed by atoms with E-state index in [-0.39, 0.29) is 24.4 Å². The Bertz CT molecular complexity index is 1160. The van der Waals surface area contributed by atoms with Gasteiger partial charge >= 0.3 is 0 Å². The maximum Gasteiger partial charge on any atom is 0.263 e. The van der Waals surface area contributed by atoms with Gasteiger partial charge in [0.05, 0.1) is 36.1 Å². The van der Waals surface area contributed by atoms with Gasteiger partial charge in [-0.3, -0.25) is 9.78 Å². The lowest BCUT2D eigenvalue weighted by Gasteiger charge is -2.19. The van der Waals surface area contributed by atoms with Gasteiger partial charge in [-0.1, -0.05) is 0 Å². The molecule has 0 saturated heterocycles. The van der Waals surface area contributed by atoms with E-state index < -0.39 is 0 Å². The second-order valence-corrected chi connectivity index (χ2v) is 7.73. The summed E-state index contributed by atoms with van der Waals surface area (Å²) in [5.74, 6) is 0.810. The highest BCUT2D eigenvalue weighted by Gasteiger charge is 2.17. The van der Waals surface area contributed by atoms with Crippen LogP contribution in [-0.2, 0) is 22.5 Å². The first-order valence-corrected chi connectivity index (χ1v) is 10.9. The number of nitrogens with one attached hydrogen (secondary N) is 3. The van der Waals surface area contributed by atoms with E-state index in [9.17, 15) is 9.18 Å². The van der Waals surface area contributed by atoms with Gasteiger partial charge in [-0.2, -0.15) is 0 Å². The van der Waals surface area contributed by atoms with Crippen LogP contribution < -0.4 is 25.4 Å². The molecule has 1 aliphatic rings. The van der Waals surface area contributed by atoms with E-state index in [4.69, 9.17) is 14.2 Å². The number of methoxy groups -OCH3 is 2. The summed E-state index contributed by atoms with van der Waals surface area (Å²) in [5.41, 5.74) is 2.40. The van der Waals surface area contributed by atoms with Crippen molar-refractivity contribution >= 4 is 22.8 Å². The summed E-state index contributed by atoms with van der Waals surface area (Å²) in [4.78, 5) is 24.3. The van der Waals surface area contributed by atoms with Crippen LogP contribution in [0, 0.1) is 5.82 Å². The number of anilines is 1. The molecule has 3 aromatic heterocycles. The zero-order valence-electron chi connectivity index (χ0n) is 19.1. The van der Waals surface area contributed by atoms with Gasteiger partial charge in [0, 0.05) is 38.4 Å². The topological polar surface area (TPSA) is 120 Å². The van der Waals surface area contributed by atoms with Crippen molar-refractivity contribution < 1.29 is 23.4 Å². The van der Waals surface area contributed by atoms with Crippen LogP contribution in [0.3, 0.4) is 0 Å². The second-order valence-electron chi connectivity index (χ2n) is 7.73. The fourth-order valence-corrected chi connectivity index (χ4v) is 3.61. The van der Waals surface area contributed by atoms with Gasteiger partial charge in [0.15, 0.2) is 18.2 Å². The summed E-state index contributed by atoms with van der Waals surface area (Å²) in [6.07, 6.45) is 1.57. The smallest absolute Gasteiger partial charge is 0.263 e. The molecule has 10 nitrogen and oxygen atoms in total. The normalized spacial score (nSPS) is 13.8. The Morgan fingerprint density at radius 1 is 1.18 bits per heavy atom. The van der Waals surface area contributed by atoms with Crippen molar-refractivity contribution in [2.45, 2.75) is 19.1 Å². The molecule has 0 fully saturated rings. The maximum atomic E-state index is 14.4. The van der Waals surface area contributed by atoms with Gasteiger partial charge in [-0.05, 0) is 31.2 Å². The number of carbonyl (C=O) groups is 1. The molecule has 34 heavy (non-hydrogen) atoms. The minimum absolute atomic E-state index is 0.00350. The van der Waals surface area contributed by atoms with Gasteiger partial charge in [0.25, 0.3) is 5.91 Å². The zero-order chi connectivity index (χ0) is 23.9. The lowest BCUT2D eigenvalue weighted by molar-refractivity contribution is -0.118. The van der Waals surface area contributed by atoms with Crippen LogP contribution in [0.2, 0.25) is 0 Å². The van der Waals surface area contributed by atoms with E-state index in [0.29, 0.717) is 66.6 Å². The third-order valence-corrected chi connectivity index (χ3v) is 5.42. The number of ether oxygens (including phenoxy) is 3. The average Bonchev–Trinajstić information content (AvgIpc) is 2.85. The molecule has 4 rings (SSSR count). The summed E-state index contributed by atoms with van der Waals surface area (Å²) >= 11 is 0. The van der Waals surface area contributed by atoms with Gasteiger partial charge in [0.2, 0.25) is 5.88 Å². The van der Waals surface area contributed by atoms with Crippen LogP contribution in [0.25, 0.3) is 11.0 Å². The van der Waals surface area contributed by atoms with Crippen LogP contribution in [0.5, 0.6) is 11.6 Å². The maximum absolute atomic E-state index is 14.4. The molecule has 11 heteroatoms. The summed E-state index contributed by atoms with van der Waals surface area (Å²) in [5, 5.41) is 9.31. The predicted molar refractivity (Wildman–Crippen MR) is 123 cm³/mol. The molecule has 1 aliphatic heterocycles. The van der Waals surface area contributed by atoms with Crippen LogP contribution in [0.1, 0.15) is 11.3 Å². The van der Waals surface area contributed by atoms with Crippen molar-refractivity contribution in [3.63, 3.8) is 0 Å². The molecule has 0 bridgehead atoms. The molecule has 4 heterocycles. The van der Waals surface area contributed by atoms with Crippen LogP contribution >= 0.6 is 0 Å². The van der Waals surface area contributed by atoms with E-state index in [0.717, 1.165) is 5.69 Å². The fraction of sp³-hybridized carbons (Fsp3) is 0.391. The lowest BCUT2D eigenvalue weighted by atomic mass is 10.1. The number of carbonyl (C=O) groups excluding carboxylic acids is 1. The number of amides is 1. The number of rotatable bonds is 11. The number of fused-ring (bicyclic) bond motifs is 2. The molecule has 0 aliphatic carbocycles. The Morgan fingerprint density at radius 3 is 2.85 bits per heavy atom. The van der Waals surface area contributed by atoms with Crippen molar-refractivity contribution in [2.75, 3.05) is 45.8 Å². The van der Waals surface area contributed by atoms with Crippen LogP contribution in [0.15, 0.2) is 30.5 Å². The van der Waals surface area contributed by atoms with Gasteiger partial charge in [0.1, 0.15) is 5.82 Å². The van der Waals surface area contributed by atoms with E-state index in [1.165, 1.54) is 13.3 Å². The number of nitrogens with zero attached hydrogens (tertiary/aromatic N) is 3. The van der Waals surface area contributed by atoms with Gasteiger partial charge in [-0.15, -0.1) is 0 Å². The number of halogens is 1. The molecule has 0 saturated carbocycles. The standard InChI is InChI=1S/C23H27FN6O4/c1-32-15(11-26-9-14-3-5-19-23(28-14)29-20(31)13-34-19)10-25-8-7-16-17(24)12-27-18-4-6-21(33-2)30-22(16)18/h3-6,12,15,25-26H,7-11,13H2,1-2H3,(H,28,29,31)/t15-/m1/s1. The summed E-state index contributed by atoms with van der Waals surface area (Å²) in [6, 6.07) is 7.11. The first-order valence-electron chi connectivity index (χ1n) is 10.9. The fourth-order valence-electron chi connectivity index (χ4n) is 3.61. The van der Waals surface area contributed by atoms with Crippen LogP contribution in [-0.4, -0.2) is 67.4 Å². The van der Waals surface area contributed by atoms with Crippen molar-refractivity contribution in [2.24, 2.45) is 0 Å². The monoisotopic (exact) mass is 470 g/mol. The number of pyridine rings is 3. The van der Waals surface area contributed by atoms with Crippen molar-refractivity contribution in [3.05, 3.63) is 47.5 Å². The second kappa shape index (κ2) is 11.1. The molecule has 0 unspecified atom stereocenters. The third-order valence-electron chi connectivity index (χ3n) is 5.42. The van der Waals surface area contributed by atoms with Crippen LogP contribution in [0.4, 0.5) is 10.2 Å².